The molecule has 0 aromatic heterocycles. The second-order valence-electron chi connectivity index (χ2n) is 8.70. The van der Waals surface area contributed by atoms with Crippen LogP contribution in [-0.4, -0.2) is 31.6 Å². The lowest BCUT2D eigenvalue weighted by Crippen LogP contribution is -2.25. The van der Waals surface area contributed by atoms with Crippen LogP contribution in [0.5, 0.6) is 23.0 Å². The van der Waals surface area contributed by atoms with Crippen molar-refractivity contribution in [3.05, 3.63) is 121 Å². The molecule has 0 saturated heterocycles. The molecule has 6 heteroatoms. The Bertz CT molecular complexity index is 955. The number of unbranched alkanes of at least 4 members (excludes halogenated alkanes) is 1. The molecule has 0 spiro atoms. The number of benzene rings is 4. The van der Waals surface area contributed by atoms with Gasteiger partial charge in [0.1, 0.15) is 23.0 Å². The van der Waals surface area contributed by atoms with Crippen molar-refractivity contribution < 1.29 is 18.9 Å². The van der Waals surface area contributed by atoms with Gasteiger partial charge in [0.15, 0.2) is 0 Å². The molecule has 0 amide bonds. The third kappa shape index (κ3) is 10.5. The largest absolute Gasteiger partial charge is 0.455 e. The molecule has 0 aliphatic heterocycles. The Labute approximate surface area is 231 Å². The standard InChI is InChI=1S/C32H34O4Si2/c1-5-15-27(16-6-1)33-31(34-28-17-7-2-8-18-28)25-37-23-13-14-24-38-26-32(35-29-19-9-3-10-20-29)36-30-21-11-4-12-22-30/h1-12,15-22,31-32H,13-14,23-26H2. The second kappa shape index (κ2) is 16.4. The summed E-state index contributed by atoms with van der Waals surface area (Å²) >= 11 is 0. The van der Waals surface area contributed by atoms with Crippen LogP contribution in [-0.2, 0) is 0 Å². The fraction of sp³-hybridized carbons (Fsp3) is 0.250. The van der Waals surface area contributed by atoms with Gasteiger partial charge < -0.3 is 18.9 Å². The molecule has 0 bridgehead atoms. The monoisotopic (exact) mass is 538 g/mol. The zero-order chi connectivity index (χ0) is 26.1. The van der Waals surface area contributed by atoms with E-state index in [4.69, 9.17) is 18.9 Å². The summed E-state index contributed by atoms with van der Waals surface area (Å²) in [4.78, 5) is 0. The van der Waals surface area contributed by atoms with Crippen molar-refractivity contribution in [3.8, 4) is 23.0 Å². The summed E-state index contributed by atoms with van der Waals surface area (Å²) in [6.07, 6.45) is 1.84. The lowest BCUT2D eigenvalue weighted by molar-refractivity contribution is 0.0219. The van der Waals surface area contributed by atoms with Crippen LogP contribution >= 0.6 is 0 Å². The first-order valence-electron chi connectivity index (χ1n) is 13.1. The van der Waals surface area contributed by atoms with Crippen LogP contribution < -0.4 is 18.9 Å². The van der Waals surface area contributed by atoms with Gasteiger partial charge in [-0.1, -0.05) is 97.7 Å². The average Bonchev–Trinajstić information content (AvgIpc) is 2.96. The maximum Gasteiger partial charge on any atom is 0.238 e. The van der Waals surface area contributed by atoms with E-state index in [-0.39, 0.29) is 12.6 Å². The molecule has 4 aromatic rings. The highest BCUT2D eigenvalue weighted by Gasteiger charge is 2.14. The summed E-state index contributed by atoms with van der Waals surface area (Å²) in [6.45, 7) is 0. The van der Waals surface area contributed by atoms with Crippen LogP contribution in [0.15, 0.2) is 121 Å². The van der Waals surface area contributed by atoms with Crippen LogP contribution in [0, 0.1) is 0 Å². The minimum absolute atomic E-state index is 0.286. The van der Waals surface area contributed by atoms with Crippen LogP contribution in [0.25, 0.3) is 0 Å². The van der Waals surface area contributed by atoms with E-state index >= 15 is 0 Å². The van der Waals surface area contributed by atoms with Gasteiger partial charge in [0.25, 0.3) is 0 Å². The van der Waals surface area contributed by atoms with Crippen LogP contribution in [0.1, 0.15) is 12.8 Å². The van der Waals surface area contributed by atoms with Crippen molar-refractivity contribution in [2.75, 3.05) is 0 Å². The van der Waals surface area contributed by atoms with Crippen molar-refractivity contribution in [3.63, 3.8) is 0 Å². The molecule has 0 aliphatic rings. The van der Waals surface area contributed by atoms with Gasteiger partial charge in [-0.05, 0) is 48.5 Å². The van der Waals surface area contributed by atoms with E-state index in [1.54, 1.807) is 0 Å². The number of para-hydroxylation sites is 4. The highest BCUT2D eigenvalue weighted by Crippen LogP contribution is 2.20. The minimum atomic E-state index is -0.286. The van der Waals surface area contributed by atoms with Gasteiger partial charge in [-0.25, -0.2) is 0 Å². The van der Waals surface area contributed by atoms with Gasteiger partial charge in [-0.3, -0.25) is 0 Å². The maximum absolute atomic E-state index is 6.15. The smallest absolute Gasteiger partial charge is 0.238 e. The molecular formula is C32H34O4Si2. The summed E-state index contributed by atoms with van der Waals surface area (Å²) in [7, 11) is 1.58. The number of rotatable bonds is 17. The Morgan fingerprint density at radius 2 is 0.658 bits per heavy atom. The zero-order valence-corrected chi connectivity index (χ0v) is 23.6. The highest BCUT2D eigenvalue weighted by atomic mass is 28.2. The van der Waals surface area contributed by atoms with Crippen molar-refractivity contribution in [1.29, 1.82) is 0 Å². The van der Waals surface area contributed by atoms with E-state index in [1.807, 2.05) is 121 Å². The van der Waals surface area contributed by atoms with Crippen LogP contribution in [0.4, 0.5) is 0 Å². The first kappa shape index (κ1) is 27.5. The molecule has 4 rings (SSSR count). The van der Waals surface area contributed by atoms with Crippen molar-refractivity contribution in [1.82, 2.24) is 0 Å². The van der Waals surface area contributed by atoms with Crippen LogP contribution in [0.3, 0.4) is 0 Å². The van der Waals surface area contributed by atoms with Gasteiger partial charge in [0, 0.05) is 31.1 Å². The maximum atomic E-state index is 6.15. The molecule has 0 saturated carbocycles. The Morgan fingerprint density at radius 1 is 0.395 bits per heavy atom. The van der Waals surface area contributed by atoms with Gasteiger partial charge in [-0.2, -0.15) is 0 Å². The topological polar surface area (TPSA) is 36.9 Å². The molecule has 0 heterocycles. The average molecular weight is 539 g/mol. The molecule has 38 heavy (non-hydrogen) atoms. The highest BCUT2D eigenvalue weighted by molar-refractivity contribution is 6.36. The van der Waals surface area contributed by atoms with Gasteiger partial charge in [-0.15, -0.1) is 0 Å². The molecule has 0 aliphatic carbocycles. The number of ether oxygens (including phenoxy) is 4. The van der Waals surface area contributed by atoms with Gasteiger partial charge in [0.2, 0.25) is 12.6 Å². The summed E-state index contributed by atoms with van der Waals surface area (Å²) < 4.78 is 24.6. The van der Waals surface area contributed by atoms with E-state index in [0.717, 1.165) is 54.1 Å². The molecule has 194 valence electrons. The van der Waals surface area contributed by atoms with E-state index < -0.39 is 0 Å². The number of hydrogen-bond donors (Lipinski definition) is 0. The molecule has 4 aromatic carbocycles. The summed E-state index contributed by atoms with van der Waals surface area (Å²) in [5.41, 5.74) is 0. The Morgan fingerprint density at radius 3 is 0.921 bits per heavy atom. The third-order valence-electron chi connectivity index (χ3n) is 5.62. The van der Waals surface area contributed by atoms with Crippen LogP contribution in [0.2, 0.25) is 24.2 Å². The molecule has 0 atom stereocenters. The SMILES string of the molecule is c1ccc(OC(C[Si]CCCC[Si]CC(Oc2ccccc2)Oc2ccccc2)Oc2ccccc2)cc1. The normalized spacial score (nSPS) is 10.9. The summed E-state index contributed by atoms with van der Waals surface area (Å²) in [5, 5.41) is 0. The van der Waals surface area contributed by atoms with E-state index in [1.165, 1.54) is 24.9 Å². The molecular weight excluding hydrogens is 505 g/mol. The Kier molecular flexibility index (Phi) is 11.9. The van der Waals surface area contributed by atoms with E-state index in [0.29, 0.717) is 0 Å². The first-order valence-corrected chi connectivity index (χ1v) is 16.0. The van der Waals surface area contributed by atoms with E-state index in [9.17, 15) is 0 Å². The summed E-state index contributed by atoms with van der Waals surface area (Å²) in [5.74, 6) is 3.35. The number of hydrogen-bond acceptors (Lipinski definition) is 4. The molecule has 0 fully saturated rings. The van der Waals surface area contributed by atoms with Crippen molar-refractivity contribution in [2.45, 2.75) is 49.6 Å². The zero-order valence-electron chi connectivity index (χ0n) is 21.6. The quantitative estimate of drug-likeness (QED) is 0.0780. The lowest BCUT2D eigenvalue weighted by Gasteiger charge is -2.21. The predicted molar refractivity (Wildman–Crippen MR) is 156 cm³/mol. The predicted octanol–water partition coefficient (Wildman–Crippen LogP) is 7.82. The molecule has 4 radical (unpaired) electrons. The van der Waals surface area contributed by atoms with E-state index in [2.05, 4.69) is 0 Å². The Hall–Kier alpha value is -3.49. The molecule has 0 N–H and O–H groups in total. The Balaban J connectivity index is 1.16. The van der Waals surface area contributed by atoms with Crippen molar-refractivity contribution in [2.24, 2.45) is 0 Å². The van der Waals surface area contributed by atoms with Gasteiger partial charge in [0.05, 0.1) is 0 Å². The fourth-order valence-electron chi connectivity index (χ4n) is 3.76. The first-order chi connectivity index (χ1) is 18.8. The molecule has 0 unspecified atom stereocenters. The fourth-order valence-corrected chi connectivity index (χ4v) is 5.97. The van der Waals surface area contributed by atoms with Gasteiger partial charge >= 0.3 is 0 Å². The minimum Gasteiger partial charge on any atom is -0.455 e. The molecule has 4 nitrogen and oxygen atoms in total. The third-order valence-corrected chi connectivity index (χ3v) is 8.28. The summed E-state index contributed by atoms with van der Waals surface area (Å²) in [6, 6.07) is 43.8. The van der Waals surface area contributed by atoms with Crippen molar-refractivity contribution >= 4 is 19.0 Å². The lowest BCUT2D eigenvalue weighted by atomic mass is 10.3. The second-order valence-corrected chi connectivity index (χ2v) is 11.5.